The molecule has 2 aliphatic heterocycles. The van der Waals surface area contributed by atoms with E-state index >= 15 is 0 Å². The quantitative estimate of drug-likeness (QED) is 0.528. The number of para-hydroxylation sites is 1. The molecule has 2 aromatic heterocycles. The maximum atomic E-state index is 10.2. The number of fused-ring (bicyclic) bond motifs is 2. The van der Waals surface area contributed by atoms with Crippen LogP contribution in [-0.2, 0) is 0 Å². The van der Waals surface area contributed by atoms with Crippen molar-refractivity contribution in [1.29, 1.82) is 0 Å². The van der Waals surface area contributed by atoms with E-state index in [1.165, 1.54) is 0 Å². The van der Waals surface area contributed by atoms with Crippen LogP contribution in [0, 0.1) is 11.8 Å². The number of piperazine rings is 1. The highest BCUT2D eigenvalue weighted by molar-refractivity contribution is 5.75. The Bertz CT molecular complexity index is 1200. The van der Waals surface area contributed by atoms with E-state index in [0.29, 0.717) is 35.5 Å². The monoisotopic (exact) mass is 428 g/mol. The zero-order valence-electron chi connectivity index (χ0n) is 17.7. The van der Waals surface area contributed by atoms with Crippen molar-refractivity contribution in [3.05, 3.63) is 48.4 Å². The lowest BCUT2D eigenvalue weighted by Crippen LogP contribution is -2.47. The fourth-order valence-corrected chi connectivity index (χ4v) is 4.47. The number of phenolic OH excluding ortho intramolecular Hbond substituents is 1. The van der Waals surface area contributed by atoms with Crippen molar-refractivity contribution in [2.24, 2.45) is 0 Å². The molecule has 32 heavy (non-hydrogen) atoms. The number of nitrogens with two attached hydrogens (primary N) is 1. The van der Waals surface area contributed by atoms with Gasteiger partial charge in [0.25, 0.3) is 0 Å². The van der Waals surface area contributed by atoms with Crippen molar-refractivity contribution in [1.82, 2.24) is 25.5 Å². The summed E-state index contributed by atoms with van der Waals surface area (Å²) in [6.45, 7) is 2.24. The second-order valence-electron chi connectivity index (χ2n) is 7.94. The first kappa shape index (κ1) is 20.0. The van der Waals surface area contributed by atoms with Gasteiger partial charge >= 0.3 is 0 Å². The summed E-state index contributed by atoms with van der Waals surface area (Å²) < 4.78 is 0. The van der Waals surface area contributed by atoms with Crippen LogP contribution in [0.1, 0.15) is 12.2 Å². The van der Waals surface area contributed by atoms with Gasteiger partial charge in [-0.1, -0.05) is 18.1 Å². The van der Waals surface area contributed by atoms with E-state index in [-0.39, 0.29) is 11.8 Å². The molecule has 2 aliphatic rings. The molecular formula is C23H24N8O. The van der Waals surface area contributed by atoms with Gasteiger partial charge in [0.1, 0.15) is 11.6 Å². The van der Waals surface area contributed by atoms with Crippen LogP contribution in [0.4, 0.5) is 17.3 Å². The lowest BCUT2D eigenvalue weighted by Gasteiger charge is -2.36. The topological polar surface area (TPSA) is 116 Å². The van der Waals surface area contributed by atoms with Crippen LogP contribution < -0.4 is 20.9 Å². The number of benzene rings is 1. The van der Waals surface area contributed by atoms with E-state index < -0.39 is 0 Å². The van der Waals surface area contributed by atoms with Gasteiger partial charge in [-0.25, -0.2) is 9.97 Å². The highest BCUT2D eigenvalue weighted by Crippen LogP contribution is 2.39. The van der Waals surface area contributed by atoms with Crippen LogP contribution in [0.15, 0.2) is 42.6 Å². The maximum Gasteiger partial charge on any atom is 0.206 e. The van der Waals surface area contributed by atoms with Gasteiger partial charge < -0.3 is 26.0 Å². The number of hydrogen-bond acceptors (Lipinski definition) is 9. The van der Waals surface area contributed by atoms with Gasteiger partial charge in [0.15, 0.2) is 5.82 Å². The average molecular weight is 429 g/mol. The molecule has 5 rings (SSSR count). The predicted molar refractivity (Wildman–Crippen MR) is 123 cm³/mol. The van der Waals surface area contributed by atoms with Crippen molar-refractivity contribution in [2.75, 3.05) is 42.2 Å². The summed E-state index contributed by atoms with van der Waals surface area (Å²) in [6.07, 6.45) is 2.78. The molecular weight excluding hydrogens is 404 g/mol. The molecule has 0 unspecified atom stereocenters. The van der Waals surface area contributed by atoms with Crippen molar-refractivity contribution in [2.45, 2.75) is 18.5 Å². The molecule has 2 atom stereocenters. The molecule has 4 heterocycles. The van der Waals surface area contributed by atoms with Crippen molar-refractivity contribution < 1.29 is 5.11 Å². The molecule has 2 fully saturated rings. The third-order valence-corrected chi connectivity index (χ3v) is 5.93. The number of rotatable bonds is 4. The number of phenols is 1. The van der Waals surface area contributed by atoms with E-state index in [1.807, 2.05) is 31.3 Å². The Morgan fingerprint density at radius 2 is 1.97 bits per heavy atom. The van der Waals surface area contributed by atoms with E-state index in [1.54, 1.807) is 18.3 Å². The number of hydrogen-bond donors (Lipinski definition) is 3. The molecule has 162 valence electrons. The van der Waals surface area contributed by atoms with Crippen molar-refractivity contribution in [3.63, 3.8) is 0 Å². The Hall–Kier alpha value is -3.90. The van der Waals surface area contributed by atoms with E-state index in [4.69, 9.17) is 5.73 Å². The fraction of sp³-hybridized carbons (Fsp3) is 0.304. The Labute approximate surface area is 186 Å². The molecule has 9 nitrogen and oxygen atoms in total. The summed E-state index contributed by atoms with van der Waals surface area (Å²) in [6, 6.07) is 11.6. The number of nitrogen functional groups attached to an aromatic ring is 1. The minimum absolute atomic E-state index is 0.170. The molecule has 0 saturated carbocycles. The Morgan fingerprint density at radius 1 is 1.16 bits per heavy atom. The van der Waals surface area contributed by atoms with Crippen LogP contribution in [0.3, 0.4) is 0 Å². The van der Waals surface area contributed by atoms with Gasteiger partial charge in [0, 0.05) is 30.9 Å². The minimum atomic E-state index is 0.170. The van der Waals surface area contributed by atoms with Crippen LogP contribution in [0.2, 0.25) is 0 Å². The lowest BCUT2D eigenvalue weighted by atomic mass is 10.1. The second-order valence-corrected chi connectivity index (χ2v) is 7.94. The predicted octanol–water partition coefficient (Wildman–Crippen LogP) is 1.26. The Balaban J connectivity index is 1.37. The summed E-state index contributed by atoms with van der Waals surface area (Å²) in [5.41, 5.74) is 8.31. The molecule has 0 spiro atoms. The van der Waals surface area contributed by atoms with Gasteiger partial charge in [-0.15, -0.1) is 10.2 Å². The molecule has 2 bridgehead atoms. The number of aromatic nitrogens is 4. The average Bonchev–Trinajstić information content (AvgIpc) is 3.42. The van der Waals surface area contributed by atoms with Gasteiger partial charge in [0.2, 0.25) is 5.82 Å². The summed E-state index contributed by atoms with van der Waals surface area (Å²) in [5, 5.41) is 21.6. The summed E-state index contributed by atoms with van der Waals surface area (Å²) >= 11 is 0. The first-order chi connectivity index (χ1) is 15.6. The van der Waals surface area contributed by atoms with Gasteiger partial charge in [-0.2, -0.15) is 0 Å². The maximum absolute atomic E-state index is 10.2. The summed E-state index contributed by atoms with van der Waals surface area (Å²) in [4.78, 5) is 13.5. The molecule has 2 saturated heterocycles. The number of anilines is 3. The van der Waals surface area contributed by atoms with Crippen LogP contribution in [0.25, 0.3) is 11.3 Å². The van der Waals surface area contributed by atoms with Crippen molar-refractivity contribution >= 4 is 17.3 Å². The van der Waals surface area contributed by atoms with Crippen LogP contribution in [-0.4, -0.2) is 64.0 Å². The van der Waals surface area contributed by atoms with E-state index in [0.717, 1.165) is 31.0 Å². The lowest BCUT2D eigenvalue weighted by molar-refractivity contribution is 0.477. The molecule has 9 heteroatoms. The third kappa shape index (κ3) is 3.65. The zero-order valence-corrected chi connectivity index (χ0v) is 17.7. The van der Waals surface area contributed by atoms with Crippen molar-refractivity contribution in [3.8, 4) is 28.8 Å². The Kier molecular flexibility index (Phi) is 5.21. The normalized spacial score (nSPS) is 19.2. The highest BCUT2D eigenvalue weighted by Gasteiger charge is 2.44. The number of nitrogens with one attached hydrogen (secondary N) is 1. The molecule has 3 aromatic rings. The van der Waals surface area contributed by atoms with Crippen LogP contribution >= 0.6 is 0 Å². The zero-order chi connectivity index (χ0) is 22.1. The second kappa shape index (κ2) is 8.32. The summed E-state index contributed by atoms with van der Waals surface area (Å²) in [7, 11) is 1.86. The third-order valence-electron chi connectivity index (χ3n) is 5.93. The number of aromatic hydroxyl groups is 1. The first-order valence-corrected chi connectivity index (χ1v) is 10.6. The smallest absolute Gasteiger partial charge is 0.206 e. The largest absolute Gasteiger partial charge is 0.507 e. The minimum Gasteiger partial charge on any atom is -0.507 e. The standard InChI is InChI=1S/C23H24N8O/c1-25-9-4-7-21-26-10-8-22(27-21)31-14-15-11-16(31)13-30(15)19-12-18(28-29-23(19)24)17-5-2-3-6-20(17)32/h2-3,5-6,8,10,12,15-16,25,32H,9,11,13-14H2,1H3,(H2,24,29)/t15-,16-/m1/s1. The van der Waals surface area contributed by atoms with E-state index in [2.05, 4.69) is 47.1 Å². The number of nitrogens with zero attached hydrogens (tertiary/aromatic N) is 6. The SMILES string of the molecule is CNCC#Cc1nccc(N2C[C@H]3C[C@@H]2CN3c2cc(-c3ccccc3O)nnc2N)n1. The molecule has 1 aromatic carbocycles. The Morgan fingerprint density at radius 3 is 2.75 bits per heavy atom. The van der Waals surface area contributed by atoms with Gasteiger partial charge in [-0.05, 0) is 43.7 Å². The van der Waals surface area contributed by atoms with E-state index in [9.17, 15) is 5.11 Å². The molecule has 0 aliphatic carbocycles. The first-order valence-electron chi connectivity index (χ1n) is 10.6. The highest BCUT2D eigenvalue weighted by atomic mass is 16.3. The molecule has 4 N–H and O–H groups in total. The summed E-state index contributed by atoms with van der Waals surface area (Å²) in [5.74, 6) is 8.00. The van der Waals surface area contributed by atoms with Gasteiger partial charge in [0.05, 0.1) is 24.0 Å². The van der Waals surface area contributed by atoms with Crippen LogP contribution in [0.5, 0.6) is 5.75 Å². The fourth-order valence-electron chi connectivity index (χ4n) is 4.47. The van der Waals surface area contributed by atoms with Gasteiger partial charge in [-0.3, -0.25) is 0 Å². The molecule has 0 radical (unpaired) electrons. The molecule has 0 amide bonds.